The molecule has 0 aliphatic heterocycles. The van der Waals surface area contributed by atoms with Crippen molar-refractivity contribution in [1.82, 2.24) is 20.3 Å². The van der Waals surface area contributed by atoms with Gasteiger partial charge in [-0.25, -0.2) is 0 Å². The van der Waals surface area contributed by atoms with Gasteiger partial charge in [0.2, 0.25) is 17.7 Å². The number of aromatic nitrogens is 4. The molecule has 0 saturated heterocycles. The van der Waals surface area contributed by atoms with Crippen molar-refractivity contribution < 1.29 is 8.94 Å². The fourth-order valence-electron chi connectivity index (χ4n) is 2.14. The molecule has 2 heterocycles. The molecule has 2 aromatic heterocycles. The quantitative estimate of drug-likeness (QED) is 0.682. The standard InChI is InChI=1S/C16H18N4O2S/c1-10-6-4-5-7-13(10)8-14-18-19-15(21-14)9-23-11(2)16-17-12(3)20-22-16/h4-7,11H,8-9H2,1-3H3/t11-/m1/s1. The smallest absolute Gasteiger partial charge is 0.239 e. The van der Waals surface area contributed by atoms with Gasteiger partial charge in [0.15, 0.2) is 5.82 Å². The van der Waals surface area contributed by atoms with Gasteiger partial charge in [0.05, 0.1) is 17.4 Å². The molecule has 3 aromatic rings. The fraction of sp³-hybridized carbons (Fsp3) is 0.375. The topological polar surface area (TPSA) is 77.8 Å². The van der Waals surface area contributed by atoms with Crippen LogP contribution in [0.3, 0.4) is 0 Å². The van der Waals surface area contributed by atoms with Crippen LogP contribution >= 0.6 is 11.8 Å². The molecule has 120 valence electrons. The lowest BCUT2D eigenvalue weighted by atomic mass is 10.1. The Morgan fingerprint density at radius 1 is 1.13 bits per heavy atom. The van der Waals surface area contributed by atoms with Crippen molar-refractivity contribution in [2.24, 2.45) is 0 Å². The molecule has 7 heteroatoms. The zero-order valence-electron chi connectivity index (χ0n) is 13.3. The van der Waals surface area contributed by atoms with Crippen LogP contribution < -0.4 is 0 Å². The Morgan fingerprint density at radius 3 is 2.65 bits per heavy atom. The molecule has 0 bridgehead atoms. The third-order valence-electron chi connectivity index (χ3n) is 3.46. The van der Waals surface area contributed by atoms with E-state index < -0.39 is 0 Å². The van der Waals surface area contributed by atoms with Crippen LogP contribution in [0, 0.1) is 13.8 Å². The lowest BCUT2D eigenvalue weighted by Crippen LogP contribution is -1.91. The number of aryl methyl sites for hydroxylation is 2. The highest BCUT2D eigenvalue weighted by Gasteiger charge is 2.15. The maximum Gasteiger partial charge on any atom is 0.239 e. The third kappa shape index (κ3) is 3.98. The normalized spacial score (nSPS) is 12.5. The van der Waals surface area contributed by atoms with Crippen LogP contribution in [-0.4, -0.2) is 20.3 Å². The molecule has 0 spiro atoms. The van der Waals surface area contributed by atoms with Gasteiger partial charge in [0.25, 0.3) is 0 Å². The summed E-state index contributed by atoms with van der Waals surface area (Å²) >= 11 is 1.63. The zero-order valence-corrected chi connectivity index (χ0v) is 14.1. The first kappa shape index (κ1) is 15.7. The zero-order chi connectivity index (χ0) is 16.2. The van der Waals surface area contributed by atoms with Gasteiger partial charge in [0, 0.05) is 0 Å². The minimum Gasteiger partial charge on any atom is -0.424 e. The van der Waals surface area contributed by atoms with Crippen LogP contribution in [0.5, 0.6) is 0 Å². The van der Waals surface area contributed by atoms with Gasteiger partial charge in [0.1, 0.15) is 0 Å². The van der Waals surface area contributed by atoms with Crippen molar-refractivity contribution in [1.29, 1.82) is 0 Å². The highest BCUT2D eigenvalue weighted by atomic mass is 32.2. The second kappa shape index (κ2) is 6.95. The number of nitrogens with zero attached hydrogens (tertiary/aromatic N) is 4. The van der Waals surface area contributed by atoms with Gasteiger partial charge in [-0.05, 0) is 31.9 Å². The van der Waals surface area contributed by atoms with E-state index in [4.69, 9.17) is 8.94 Å². The monoisotopic (exact) mass is 330 g/mol. The molecule has 0 aliphatic rings. The first-order valence-electron chi connectivity index (χ1n) is 7.39. The van der Waals surface area contributed by atoms with Crippen LogP contribution in [0.1, 0.15) is 46.8 Å². The molecular formula is C16H18N4O2S. The van der Waals surface area contributed by atoms with Crippen molar-refractivity contribution >= 4 is 11.8 Å². The summed E-state index contributed by atoms with van der Waals surface area (Å²) in [6.45, 7) is 5.90. The minimum absolute atomic E-state index is 0.0860. The molecule has 0 unspecified atom stereocenters. The number of benzene rings is 1. The van der Waals surface area contributed by atoms with Gasteiger partial charge in [-0.3, -0.25) is 0 Å². The molecular weight excluding hydrogens is 312 g/mol. The van der Waals surface area contributed by atoms with Gasteiger partial charge >= 0.3 is 0 Å². The Kier molecular flexibility index (Phi) is 4.76. The van der Waals surface area contributed by atoms with E-state index in [2.05, 4.69) is 39.4 Å². The highest BCUT2D eigenvalue weighted by Crippen LogP contribution is 2.29. The van der Waals surface area contributed by atoms with E-state index in [1.807, 2.05) is 19.1 Å². The molecule has 3 rings (SSSR count). The average molecular weight is 330 g/mol. The van der Waals surface area contributed by atoms with Crippen LogP contribution in [0.4, 0.5) is 0 Å². The van der Waals surface area contributed by atoms with Crippen molar-refractivity contribution in [3.05, 3.63) is 58.9 Å². The first-order valence-corrected chi connectivity index (χ1v) is 8.44. The Bertz CT molecular complexity index is 784. The van der Waals surface area contributed by atoms with Crippen LogP contribution in [0.25, 0.3) is 0 Å². The summed E-state index contributed by atoms with van der Waals surface area (Å²) in [5.41, 5.74) is 2.42. The van der Waals surface area contributed by atoms with E-state index in [-0.39, 0.29) is 5.25 Å². The molecule has 0 fully saturated rings. The molecule has 1 aromatic carbocycles. The van der Waals surface area contributed by atoms with E-state index in [1.165, 1.54) is 11.1 Å². The number of hydrogen-bond donors (Lipinski definition) is 0. The summed E-state index contributed by atoms with van der Waals surface area (Å²) in [4.78, 5) is 4.23. The van der Waals surface area contributed by atoms with E-state index in [1.54, 1.807) is 18.7 Å². The van der Waals surface area contributed by atoms with Crippen molar-refractivity contribution in [3.63, 3.8) is 0 Å². The second-order valence-electron chi connectivity index (χ2n) is 5.33. The Hall–Kier alpha value is -2.15. The van der Waals surface area contributed by atoms with Crippen LogP contribution in [-0.2, 0) is 12.2 Å². The molecule has 6 nitrogen and oxygen atoms in total. The fourth-order valence-corrected chi connectivity index (χ4v) is 2.88. The average Bonchev–Trinajstić information content (AvgIpc) is 3.16. The van der Waals surface area contributed by atoms with Crippen molar-refractivity contribution in [2.75, 3.05) is 0 Å². The van der Waals surface area contributed by atoms with Gasteiger partial charge in [-0.15, -0.1) is 22.0 Å². The molecule has 0 N–H and O–H groups in total. The van der Waals surface area contributed by atoms with E-state index in [9.17, 15) is 0 Å². The summed E-state index contributed by atoms with van der Waals surface area (Å²) in [5, 5.41) is 12.1. The third-order valence-corrected chi connectivity index (χ3v) is 4.57. The predicted octanol–water partition coefficient (Wildman–Crippen LogP) is 3.65. The highest BCUT2D eigenvalue weighted by molar-refractivity contribution is 7.98. The van der Waals surface area contributed by atoms with E-state index in [0.29, 0.717) is 35.7 Å². The Morgan fingerprint density at radius 2 is 1.91 bits per heavy atom. The molecule has 1 atom stereocenters. The van der Waals surface area contributed by atoms with Gasteiger partial charge in [-0.2, -0.15) is 4.98 Å². The van der Waals surface area contributed by atoms with Gasteiger partial charge in [-0.1, -0.05) is 29.4 Å². The Balaban J connectivity index is 1.58. The maximum atomic E-state index is 5.72. The van der Waals surface area contributed by atoms with Crippen LogP contribution in [0.15, 0.2) is 33.2 Å². The summed E-state index contributed by atoms with van der Waals surface area (Å²) in [5.74, 6) is 3.12. The minimum atomic E-state index is 0.0860. The Labute approximate surface area is 138 Å². The molecule has 23 heavy (non-hydrogen) atoms. The summed E-state index contributed by atoms with van der Waals surface area (Å²) in [7, 11) is 0. The largest absolute Gasteiger partial charge is 0.424 e. The van der Waals surface area contributed by atoms with Crippen molar-refractivity contribution in [2.45, 2.75) is 38.2 Å². The summed E-state index contributed by atoms with van der Waals surface area (Å²) < 4.78 is 10.9. The molecule has 0 radical (unpaired) electrons. The lowest BCUT2D eigenvalue weighted by molar-refractivity contribution is 0.376. The maximum absolute atomic E-state index is 5.72. The lowest BCUT2D eigenvalue weighted by Gasteiger charge is -2.03. The van der Waals surface area contributed by atoms with Gasteiger partial charge < -0.3 is 8.94 Å². The molecule has 0 amide bonds. The van der Waals surface area contributed by atoms with Crippen LogP contribution in [0.2, 0.25) is 0 Å². The molecule has 0 aliphatic carbocycles. The summed E-state index contributed by atoms with van der Waals surface area (Å²) in [6, 6.07) is 8.20. The van der Waals surface area contributed by atoms with E-state index >= 15 is 0 Å². The number of hydrogen-bond acceptors (Lipinski definition) is 7. The first-order chi connectivity index (χ1) is 11.1. The predicted molar refractivity (Wildman–Crippen MR) is 87.0 cm³/mol. The second-order valence-corrected chi connectivity index (χ2v) is 6.65. The summed E-state index contributed by atoms with van der Waals surface area (Å²) in [6.07, 6.45) is 0.656. The van der Waals surface area contributed by atoms with E-state index in [0.717, 1.165) is 0 Å². The number of thioether (sulfide) groups is 1. The van der Waals surface area contributed by atoms with Crippen molar-refractivity contribution in [3.8, 4) is 0 Å². The molecule has 0 saturated carbocycles. The number of rotatable bonds is 6. The SMILES string of the molecule is Cc1noc([C@@H](C)SCc2nnc(Cc3ccccc3C)o2)n1.